The molecule has 2 atom stereocenters. The normalized spacial score (nSPS) is 26.1. The van der Waals surface area contributed by atoms with Gasteiger partial charge in [0.1, 0.15) is 17.3 Å². The molecule has 0 amide bonds. The molecule has 0 radical (unpaired) electrons. The Kier molecular flexibility index (Phi) is 4.34. The van der Waals surface area contributed by atoms with E-state index < -0.39 is 11.0 Å². The van der Waals surface area contributed by atoms with Gasteiger partial charge in [0, 0.05) is 5.02 Å². The van der Waals surface area contributed by atoms with Gasteiger partial charge in [-0.2, -0.15) is 0 Å². The van der Waals surface area contributed by atoms with Gasteiger partial charge in [-0.05, 0) is 40.3 Å². The lowest BCUT2D eigenvalue weighted by atomic mass is 9.76. The quantitative estimate of drug-likeness (QED) is 0.652. The number of benzene rings is 1. The third-order valence-electron chi connectivity index (χ3n) is 3.63. The molecular weight excluding hydrogens is 307 g/mol. The lowest BCUT2D eigenvalue weighted by molar-refractivity contribution is -0.110. The van der Waals surface area contributed by atoms with Gasteiger partial charge in [0.25, 0.3) is 0 Å². The largest absolute Gasteiger partial charge is 0.386 e. The Morgan fingerprint density at radius 3 is 2.29 bits per heavy atom. The molecule has 112 valence electrons. The van der Waals surface area contributed by atoms with E-state index >= 15 is 0 Å². The molecule has 0 saturated heterocycles. The monoisotopic (exact) mass is 324 g/mol. The number of aldehydes is 1. The van der Waals surface area contributed by atoms with Crippen LogP contribution in [0.3, 0.4) is 0 Å². The van der Waals surface area contributed by atoms with E-state index in [0.717, 1.165) is 11.1 Å². The summed E-state index contributed by atoms with van der Waals surface area (Å²) in [4.78, 5) is 9.97. The molecular formula is C17H18Cl2O2. The second-order valence-corrected chi connectivity index (χ2v) is 7.40. The molecule has 0 saturated carbocycles. The number of rotatable bonds is 2. The number of aliphatic hydroxyl groups is 1. The number of carbonyl (C=O) groups excluding carboxylic acids is 1. The van der Waals surface area contributed by atoms with Gasteiger partial charge in [-0.1, -0.05) is 50.6 Å². The van der Waals surface area contributed by atoms with Crippen LogP contribution >= 0.6 is 23.2 Å². The first-order valence-corrected chi connectivity index (χ1v) is 7.47. The van der Waals surface area contributed by atoms with E-state index in [0.29, 0.717) is 16.9 Å². The summed E-state index contributed by atoms with van der Waals surface area (Å²) in [6, 6.07) is 7.11. The van der Waals surface area contributed by atoms with Crippen LogP contribution in [-0.4, -0.2) is 22.4 Å². The smallest absolute Gasteiger partial charge is 0.148 e. The fourth-order valence-corrected chi connectivity index (χ4v) is 2.62. The van der Waals surface area contributed by atoms with Crippen LogP contribution in [0, 0.1) is 5.41 Å². The summed E-state index contributed by atoms with van der Waals surface area (Å²) in [6.07, 6.45) is 3.04. The van der Waals surface area contributed by atoms with Crippen LogP contribution in [-0.2, 0) is 4.79 Å². The van der Waals surface area contributed by atoms with Crippen molar-refractivity contribution in [3.63, 3.8) is 0 Å². The van der Waals surface area contributed by atoms with E-state index in [9.17, 15) is 9.90 Å². The number of alkyl halides is 1. The fourth-order valence-electron chi connectivity index (χ4n) is 2.26. The molecule has 0 aromatic heterocycles. The first-order valence-electron chi connectivity index (χ1n) is 6.71. The maximum Gasteiger partial charge on any atom is 0.148 e. The van der Waals surface area contributed by atoms with Gasteiger partial charge < -0.3 is 9.90 Å². The van der Waals surface area contributed by atoms with Crippen LogP contribution < -0.4 is 0 Å². The van der Waals surface area contributed by atoms with E-state index in [-0.39, 0.29) is 5.41 Å². The maximum absolute atomic E-state index is 11.4. The topological polar surface area (TPSA) is 37.3 Å². The Hall–Kier alpha value is -1.09. The van der Waals surface area contributed by atoms with Gasteiger partial charge in [-0.3, -0.25) is 0 Å². The Labute approximate surface area is 135 Å². The maximum atomic E-state index is 11.4. The van der Waals surface area contributed by atoms with Gasteiger partial charge in [-0.25, -0.2) is 0 Å². The molecule has 1 aliphatic carbocycles. The number of allylic oxidation sites excluding steroid dienone is 2. The number of hydrogen-bond acceptors (Lipinski definition) is 2. The minimum Gasteiger partial charge on any atom is -0.386 e. The number of carbonyl (C=O) groups is 1. The standard InChI is InChI=1S/C17H18Cl2O2/c1-16(2,3)12-8-14(11-4-6-13(18)7-5-11)15(21)17(19,9-12)10-20/h4-10,15,21H,1-3H3. The van der Waals surface area contributed by atoms with Crippen molar-refractivity contribution < 1.29 is 9.90 Å². The molecule has 1 N–H and O–H groups in total. The predicted molar refractivity (Wildman–Crippen MR) is 87.6 cm³/mol. The highest BCUT2D eigenvalue weighted by Gasteiger charge is 2.41. The minimum absolute atomic E-state index is 0.180. The van der Waals surface area contributed by atoms with Crippen LogP contribution in [0.2, 0.25) is 5.02 Å². The molecule has 0 spiro atoms. The van der Waals surface area contributed by atoms with Crippen molar-refractivity contribution in [3.8, 4) is 0 Å². The molecule has 0 heterocycles. The zero-order valence-electron chi connectivity index (χ0n) is 12.2. The Bertz CT molecular complexity index is 609. The minimum atomic E-state index is -1.44. The third kappa shape index (κ3) is 3.23. The second-order valence-electron chi connectivity index (χ2n) is 6.30. The summed E-state index contributed by atoms with van der Waals surface area (Å²) in [5, 5.41) is 11.1. The summed E-state index contributed by atoms with van der Waals surface area (Å²) in [5.74, 6) is 0. The van der Waals surface area contributed by atoms with Crippen molar-refractivity contribution >= 4 is 35.1 Å². The van der Waals surface area contributed by atoms with E-state index in [1.165, 1.54) is 0 Å². The third-order valence-corrected chi connectivity index (χ3v) is 4.28. The first-order chi connectivity index (χ1) is 9.67. The Morgan fingerprint density at radius 1 is 1.24 bits per heavy atom. The molecule has 1 aliphatic rings. The molecule has 1 aromatic rings. The van der Waals surface area contributed by atoms with Crippen LogP contribution in [0.1, 0.15) is 26.3 Å². The van der Waals surface area contributed by atoms with Crippen LogP contribution in [0.4, 0.5) is 0 Å². The van der Waals surface area contributed by atoms with Crippen molar-refractivity contribution in [2.45, 2.75) is 31.7 Å². The van der Waals surface area contributed by atoms with Gasteiger partial charge in [0.2, 0.25) is 0 Å². The average molecular weight is 325 g/mol. The Balaban J connectivity index is 2.58. The fraction of sp³-hybridized carbons (Fsp3) is 0.353. The van der Waals surface area contributed by atoms with Crippen LogP contribution in [0.25, 0.3) is 5.57 Å². The molecule has 2 rings (SSSR count). The van der Waals surface area contributed by atoms with Gasteiger partial charge >= 0.3 is 0 Å². The molecule has 0 fully saturated rings. The van der Waals surface area contributed by atoms with E-state index in [1.54, 1.807) is 18.2 Å². The molecule has 0 bridgehead atoms. The Morgan fingerprint density at radius 2 is 1.81 bits per heavy atom. The van der Waals surface area contributed by atoms with Crippen molar-refractivity contribution in [3.05, 3.63) is 52.6 Å². The van der Waals surface area contributed by atoms with E-state index in [1.807, 2.05) is 39.0 Å². The predicted octanol–water partition coefficient (Wildman–Crippen LogP) is 4.25. The van der Waals surface area contributed by atoms with E-state index in [2.05, 4.69) is 0 Å². The lowest BCUT2D eigenvalue weighted by Gasteiger charge is -2.34. The highest BCUT2D eigenvalue weighted by molar-refractivity contribution is 6.35. The lowest BCUT2D eigenvalue weighted by Crippen LogP contribution is -2.40. The highest BCUT2D eigenvalue weighted by atomic mass is 35.5. The number of halogens is 2. The van der Waals surface area contributed by atoms with Gasteiger partial charge in [-0.15, -0.1) is 11.6 Å². The number of aliphatic hydroxyl groups excluding tert-OH is 1. The van der Waals surface area contributed by atoms with E-state index in [4.69, 9.17) is 23.2 Å². The SMILES string of the molecule is CC(C)(C)C1=CC(Cl)(C=O)C(O)C(c2ccc(Cl)cc2)=C1. The summed E-state index contributed by atoms with van der Waals surface area (Å²) in [6.45, 7) is 6.11. The van der Waals surface area contributed by atoms with Gasteiger partial charge in [0.15, 0.2) is 0 Å². The second kappa shape index (κ2) is 5.60. The molecule has 0 aliphatic heterocycles. The first kappa shape index (κ1) is 16.3. The van der Waals surface area contributed by atoms with Crippen molar-refractivity contribution in [2.24, 2.45) is 5.41 Å². The molecule has 2 unspecified atom stereocenters. The van der Waals surface area contributed by atoms with Crippen LogP contribution in [0.5, 0.6) is 0 Å². The summed E-state index contributed by atoms with van der Waals surface area (Å²) in [5.41, 5.74) is 2.16. The molecule has 2 nitrogen and oxygen atoms in total. The highest BCUT2D eigenvalue weighted by Crippen LogP contribution is 2.41. The van der Waals surface area contributed by atoms with Crippen molar-refractivity contribution in [2.75, 3.05) is 0 Å². The zero-order valence-corrected chi connectivity index (χ0v) is 13.7. The average Bonchev–Trinajstić information content (AvgIpc) is 2.42. The molecule has 21 heavy (non-hydrogen) atoms. The summed E-state index contributed by atoms with van der Waals surface area (Å²) in [7, 11) is 0. The molecule has 1 aromatic carbocycles. The van der Waals surface area contributed by atoms with Crippen LogP contribution in [0.15, 0.2) is 42.0 Å². The summed E-state index contributed by atoms with van der Waals surface area (Å²) >= 11 is 12.2. The van der Waals surface area contributed by atoms with Gasteiger partial charge in [0.05, 0.1) is 0 Å². The van der Waals surface area contributed by atoms with Crippen molar-refractivity contribution in [1.29, 1.82) is 0 Å². The molecule has 4 heteroatoms. The van der Waals surface area contributed by atoms with Crippen molar-refractivity contribution in [1.82, 2.24) is 0 Å². The summed E-state index contributed by atoms with van der Waals surface area (Å²) < 4.78 is 0. The number of hydrogen-bond donors (Lipinski definition) is 1. The zero-order chi connectivity index (χ0) is 15.8.